The van der Waals surface area contributed by atoms with Crippen molar-refractivity contribution in [3.05, 3.63) is 23.1 Å². The summed E-state index contributed by atoms with van der Waals surface area (Å²) in [6.45, 7) is 10.6. The molecule has 3 rings (SSSR count). The van der Waals surface area contributed by atoms with Crippen molar-refractivity contribution in [2.75, 3.05) is 0 Å². The fourth-order valence-corrected chi connectivity index (χ4v) is 2.48. The zero-order chi connectivity index (χ0) is 16.8. The standard InChI is InChI=1S/C14H19ClN8/c1-8(2)23-10(19-20-21-23)7-22-11-9(17-13(22)15)6-16-12(18-11)14(3,4)5/h6,8H,7H2,1-5H3. The third-order valence-electron chi connectivity index (χ3n) is 3.46. The zero-order valence-electron chi connectivity index (χ0n) is 13.8. The number of tetrazole rings is 1. The number of nitrogens with zero attached hydrogens (tertiary/aromatic N) is 8. The second-order valence-electron chi connectivity index (χ2n) is 6.75. The van der Waals surface area contributed by atoms with E-state index in [4.69, 9.17) is 11.6 Å². The molecule has 0 amide bonds. The fourth-order valence-electron chi connectivity index (χ4n) is 2.25. The monoisotopic (exact) mass is 334 g/mol. The van der Waals surface area contributed by atoms with Crippen LogP contribution in [0.2, 0.25) is 5.28 Å². The molecule has 0 aromatic carbocycles. The molecule has 122 valence electrons. The highest BCUT2D eigenvalue weighted by atomic mass is 35.5. The molecule has 3 aromatic rings. The van der Waals surface area contributed by atoms with Crippen molar-refractivity contribution >= 4 is 22.8 Å². The second kappa shape index (κ2) is 5.52. The lowest BCUT2D eigenvalue weighted by Gasteiger charge is -2.16. The third-order valence-corrected chi connectivity index (χ3v) is 3.75. The van der Waals surface area contributed by atoms with Crippen molar-refractivity contribution in [3.8, 4) is 0 Å². The van der Waals surface area contributed by atoms with E-state index in [9.17, 15) is 0 Å². The molecule has 0 atom stereocenters. The Morgan fingerprint density at radius 2 is 1.96 bits per heavy atom. The van der Waals surface area contributed by atoms with Crippen molar-refractivity contribution < 1.29 is 0 Å². The van der Waals surface area contributed by atoms with E-state index in [1.165, 1.54) is 0 Å². The number of halogens is 1. The maximum Gasteiger partial charge on any atom is 0.205 e. The molecule has 23 heavy (non-hydrogen) atoms. The van der Waals surface area contributed by atoms with Gasteiger partial charge in [0.15, 0.2) is 11.5 Å². The van der Waals surface area contributed by atoms with Crippen molar-refractivity contribution in [1.82, 2.24) is 39.7 Å². The lowest BCUT2D eigenvalue weighted by molar-refractivity contribution is 0.487. The summed E-state index contributed by atoms with van der Waals surface area (Å²) in [6.07, 6.45) is 1.71. The summed E-state index contributed by atoms with van der Waals surface area (Å²) in [7, 11) is 0. The lowest BCUT2D eigenvalue weighted by atomic mass is 9.96. The molecule has 8 nitrogen and oxygen atoms in total. The molecule has 0 aliphatic carbocycles. The van der Waals surface area contributed by atoms with Gasteiger partial charge in [0.25, 0.3) is 0 Å². The highest BCUT2D eigenvalue weighted by Gasteiger charge is 2.21. The third kappa shape index (κ3) is 2.90. The minimum absolute atomic E-state index is 0.157. The van der Waals surface area contributed by atoms with E-state index in [1.54, 1.807) is 15.4 Å². The predicted molar refractivity (Wildman–Crippen MR) is 86.3 cm³/mol. The van der Waals surface area contributed by atoms with Crippen LogP contribution in [0.1, 0.15) is 52.3 Å². The van der Waals surface area contributed by atoms with E-state index >= 15 is 0 Å². The molecule has 0 N–H and O–H groups in total. The molecular weight excluding hydrogens is 316 g/mol. The van der Waals surface area contributed by atoms with Crippen LogP contribution in [0.4, 0.5) is 0 Å². The van der Waals surface area contributed by atoms with Crippen LogP contribution in [-0.2, 0) is 12.0 Å². The Hall–Kier alpha value is -2.09. The largest absolute Gasteiger partial charge is 0.291 e. The number of hydrogen-bond acceptors (Lipinski definition) is 6. The van der Waals surface area contributed by atoms with Gasteiger partial charge in [0.1, 0.15) is 11.3 Å². The van der Waals surface area contributed by atoms with Crippen LogP contribution < -0.4 is 0 Å². The second-order valence-corrected chi connectivity index (χ2v) is 7.09. The van der Waals surface area contributed by atoms with Gasteiger partial charge in [-0.1, -0.05) is 20.8 Å². The average Bonchev–Trinajstić information content (AvgIpc) is 3.03. The van der Waals surface area contributed by atoms with Crippen LogP contribution in [0.25, 0.3) is 11.2 Å². The molecule has 0 spiro atoms. The van der Waals surface area contributed by atoms with Crippen molar-refractivity contribution in [1.29, 1.82) is 0 Å². The van der Waals surface area contributed by atoms with Crippen molar-refractivity contribution in [2.45, 2.75) is 52.6 Å². The molecule has 0 aliphatic rings. The molecule has 3 heterocycles. The van der Waals surface area contributed by atoms with Crippen LogP contribution >= 0.6 is 11.6 Å². The molecule has 0 fully saturated rings. The average molecular weight is 335 g/mol. The SMILES string of the molecule is CC(C)n1nnnc1Cn1c(Cl)nc2cnc(C(C)(C)C)nc21. The molecule has 0 bridgehead atoms. The summed E-state index contributed by atoms with van der Waals surface area (Å²) in [6, 6.07) is 0.160. The predicted octanol–water partition coefficient (Wildman–Crippen LogP) is 2.39. The maximum atomic E-state index is 6.29. The van der Waals surface area contributed by atoms with Crippen molar-refractivity contribution in [2.24, 2.45) is 0 Å². The molecule has 0 saturated heterocycles. The highest BCUT2D eigenvalue weighted by Crippen LogP contribution is 2.23. The quantitative estimate of drug-likeness (QED) is 0.683. The Labute approximate surface area is 138 Å². The molecule has 3 aromatic heterocycles. The molecule has 9 heteroatoms. The van der Waals surface area contributed by atoms with Crippen LogP contribution in [0, 0.1) is 0 Å². The summed E-state index contributed by atoms with van der Waals surface area (Å²) in [5.74, 6) is 1.45. The Balaban J connectivity index is 2.09. The molecule has 0 aliphatic heterocycles. The first-order chi connectivity index (χ1) is 10.8. The number of hydrogen-bond donors (Lipinski definition) is 0. The first-order valence-corrected chi connectivity index (χ1v) is 7.81. The topological polar surface area (TPSA) is 87.2 Å². The summed E-state index contributed by atoms with van der Waals surface area (Å²) in [5, 5.41) is 12.2. The number of fused-ring (bicyclic) bond motifs is 1. The zero-order valence-corrected chi connectivity index (χ0v) is 14.6. The van der Waals surface area contributed by atoms with Gasteiger partial charge < -0.3 is 0 Å². The van der Waals surface area contributed by atoms with Gasteiger partial charge in [0, 0.05) is 5.41 Å². The first kappa shape index (κ1) is 15.8. The van der Waals surface area contributed by atoms with E-state index in [-0.39, 0.29) is 11.5 Å². The van der Waals surface area contributed by atoms with Gasteiger partial charge in [-0.3, -0.25) is 4.57 Å². The smallest absolute Gasteiger partial charge is 0.205 e. The fraction of sp³-hybridized carbons (Fsp3) is 0.571. The normalized spacial score (nSPS) is 12.5. The Morgan fingerprint density at radius 1 is 1.22 bits per heavy atom. The Kier molecular flexibility index (Phi) is 3.79. The van der Waals surface area contributed by atoms with Gasteiger partial charge in [0.05, 0.1) is 18.8 Å². The molecular formula is C14H19ClN8. The first-order valence-electron chi connectivity index (χ1n) is 7.43. The highest BCUT2D eigenvalue weighted by molar-refractivity contribution is 6.29. The Bertz CT molecular complexity index is 842. The minimum atomic E-state index is -0.157. The van der Waals surface area contributed by atoms with Gasteiger partial charge in [-0.25, -0.2) is 19.6 Å². The van der Waals surface area contributed by atoms with E-state index in [0.29, 0.717) is 28.8 Å². The van der Waals surface area contributed by atoms with Crippen LogP contribution in [0.3, 0.4) is 0 Å². The summed E-state index contributed by atoms with van der Waals surface area (Å²) < 4.78 is 3.56. The van der Waals surface area contributed by atoms with Gasteiger partial charge in [-0.05, 0) is 35.9 Å². The van der Waals surface area contributed by atoms with Gasteiger partial charge in [0.2, 0.25) is 5.28 Å². The van der Waals surface area contributed by atoms with Gasteiger partial charge in [-0.2, -0.15) is 0 Å². The summed E-state index contributed by atoms with van der Waals surface area (Å²) in [4.78, 5) is 13.4. The molecule has 0 unspecified atom stereocenters. The lowest BCUT2D eigenvalue weighted by Crippen LogP contribution is -2.17. The molecule has 0 radical (unpaired) electrons. The van der Waals surface area contributed by atoms with E-state index in [2.05, 4.69) is 51.2 Å². The summed E-state index contributed by atoms with van der Waals surface area (Å²) >= 11 is 6.29. The number of rotatable bonds is 3. The van der Waals surface area contributed by atoms with E-state index < -0.39 is 0 Å². The number of imidazole rings is 1. The Morgan fingerprint density at radius 3 is 2.61 bits per heavy atom. The maximum absolute atomic E-state index is 6.29. The van der Waals surface area contributed by atoms with E-state index in [1.807, 2.05) is 13.8 Å². The van der Waals surface area contributed by atoms with Crippen LogP contribution in [-0.4, -0.2) is 39.7 Å². The van der Waals surface area contributed by atoms with Gasteiger partial charge >= 0.3 is 0 Å². The van der Waals surface area contributed by atoms with Crippen LogP contribution in [0.5, 0.6) is 0 Å². The number of aromatic nitrogens is 8. The molecule has 0 saturated carbocycles. The minimum Gasteiger partial charge on any atom is -0.291 e. The van der Waals surface area contributed by atoms with E-state index in [0.717, 1.165) is 5.82 Å². The van der Waals surface area contributed by atoms with Crippen LogP contribution in [0.15, 0.2) is 6.20 Å². The van der Waals surface area contributed by atoms with Crippen molar-refractivity contribution in [3.63, 3.8) is 0 Å². The van der Waals surface area contributed by atoms with Gasteiger partial charge in [-0.15, -0.1) is 5.10 Å². The summed E-state index contributed by atoms with van der Waals surface area (Å²) in [5.41, 5.74) is 1.19.